The number of allylic oxidation sites excluding steroid dienone is 2. The van der Waals surface area contributed by atoms with Crippen LogP contribution in [-0.4, -0.2) is 9.58 Å². The second-order valence-corrected chi connectivity index (χ2v) is 6.86. The zero-order valence-electron chi connectivity index (χ0n) is 10.4. The van der Waals surface area contributed by atoms with Gasteiger partial charge in [0.2, 0.25) is 0 Å². The summed E-state index contributed by atoms with van der Waals surface area (Å²) in [5.41, 5.74) is 0.617. The molecule has 0 bridgehead atoms. The first-order chi connectivity index (χ1) is 8.59. The zero-order valence-corrected chi connectivity index (χ0v) is 12.6. The number of rotatable bonds is 3. The summed E-state index contributed by atoms with van der Waals surface area (Å²) in [5, 5.41) is 0. The van der Waals surface area contributed by atoms with E-state index in [2.05, 4.69) is 34.7 Å². The third-order valence-electron chi connectivity index (χ3n) is 3.30. The third kappa shape index (κ3) is 3.34. The SMILES string of the molecule is CC(I)(OC(=O)c1ccccc1)[C@@H]1CC=CCC1. The van der Waals surface area contributed by atoms with Gasteiger partial charge in [0.25, 0.3) is 0 Å². The number of esters is 1. The summed E-state index contributed by atoms with van der Waals surface area (Å²) in [6, 6.07) is 9.17. The summed E-state index contributed by atoms with van der Waals surface area (Å²) < 4.78 is 5.24. The average molecular weight is 356 g/mol. The number of alkyl halides is 1. The lowest BCUT2D eigenvalue weighted by Gasteiger charge is -2.33. The molecule has 1 aromatic rings. The van der Waals surface area contributed by atoms with Gasteiger partial charge >= 0.3 is 5.97 Å². The molecule has 0 heterocycles. The largest absolute Gasteiger partial charge is 0.445 e. The van der Waals surface area contributed by atoms with E-state index in [4.69, 9.17) is 4.74 Å². The Morgan fingerprint density at radius 1 is 1.33 bits per heavy atom. The number of halogens is 1. The van der Waals surface area contributed by atoms with E-state index in [9.17, 15) is 4.79 Å². The molecule has 0 radical (unpaired) electrons. The van der Waals surface area contributed by atoms with Crippen LogP contribution < -0.4 is 0 Å². The monoisotopic (exact) mass is 356 g/mol. The van der Waals surface area contributed by atoms with Gasteiger partial charge in [0.1, 0.15) is 0 Å². The molecule has 18 heavy (non-hydrogen) atoms. The van der Waals surface area contributed by atoms with Gasteiger partial charge in [0.05, 0.1) is 5.56 Å². The topological polar surface area (TPSA) is 26.3 Å². The summed E-state index contributed by atoms with van der Waals surface area (Å²) >= 11 is 2.26. The van der Waals surface area contributed by atoms with E-state index in [1.807, 2.05) is 25.1 Å². The molecule has 1 aliphatic carbocycles. The van der Waals surface area contributed by atoms with Gasteiger partial charge in [-0.05, 0) is 60.9 Å². The Labute approximate surface area is 122 Å². The Morgan fingerprint density at radius 3 is 2.67 bits per heavy atom. The van der Waals surface area contributed by atoms with Crippen molar-refractivity contribution in [2.24, 2.45) is 5.92 Å². The predicted molar refractivity (Wildman–Crippen MR) is 80.8 cm³/mol. The van der Waals surface area contributed by atoms with E-state index in [1.54, 1.807) is 12.1 Å². The molecule has 0 aliphatic heterocycles. The molecule has 2 atom stereocenters. The van der Waals surface area contributed by atoms with Crippen LogP contribution in [0.25, 0.3) is 0 Å². The minimum atomic E-state index is -0.435. The fourth-order valence-corrected chi connectivity index (χ4v) is 2.93. The number of benzene rings is 1. The highest BCUT2D eigenvalue weighted by Crippen LogP contribution is 2.37. The van der Waals surface area contributed by atoms with E-state index < -0.39 is 3.61 Å². The van der Waals surface area contributed by atoms with Crippen LogP contribution in [0, 0.1) is 5.92 Å². The first-order valence-electron chi connectivity index (χ1n) is 6.22. The molecular weight excluding hydrogens is 339 g/mol. The van der Waals surface area contributed by atoms with Crippen LogP contribution in [0.15, 0.2) is 42.5 Å². The molecule has 0 N–H and O–H groups in total. The molecule has 1 aromatic carbocycles. The maximum Gasteiger partial charge on any atom is 0.339 e. The summed E-state index contributed by atoms with van der Waals surface area (Å²) in [4.78, 5) is 12.1. The van der Waals surface area contributed by atoms with Gasteiger partial charge in [-0.1, -0.05) is 30.4 Å². The predicted octanol–water partition coefficient (Wildman–Crippen LogP) is 4.35. The van der Waals surface area contributed by atoms with Crippen molar-refractivity contribution >= 4 is 28.6 Å². The van der Waals surface area contributed by atoms with Gasteiger partial charge < -0.3 is 4.74 Å². The molecule has 1 aliphatic rings. The van der Waals surface area contributed by atoms with E-state index >= 15 is 0 Å². The molecule has 0 spiro atoms. The summed E-state index contributed by atoms with van der Waals surface area (Å²) in [5.74, 6) is 0.165. The minimum absolute atomic E-state index is 0.234. The number of hydrogen-bond acceptors (Lipinski definition) is 2. The quantitative estimate of drug-likeness (QED) is 0.348. The van der Waals surface area contributed by atoms with Gasteiger partial charge in [-0.15, -0.1) is 0 Å². The van der Waals surface area contributed by atoms with Crippen molar-refractivity contribution in [3.8, 4) is 0 Å². The van der Waals surface area contributed by atoms with Crippen molar-refractivity contribution in [2.75, 3.05) is 0 Å². The molecule has 0 fully saturated rings. The van der Waals surface area contributed by atoms with Crippen molar-refractivity contribution in [3.63, 3.8) is 0 Å². The maximum atomic E-state index is 12.1. The normalized spacial score (nSPS) is 22.2. The van der Waals surface area contributed by atoms with Crippen LogP contribution >= 0.6 is 22.6 Å². The second kappa shape index (κ2) is 5.87. The molecule has 0 aromatic heterocycles. The van der Waals surface area contributed by atoms with Gasteiger partial charge in [0.15, 0.2) is 3.61 Å². The van der Waals surface area contributed by atoms with Crippen molar-refractivity contribution in [1.29, 1.82) is 0 Å². The Bertz CT molecular complexity index is 437. The molecule has 0 saturated heterocycles. The smallest absolute Gasteiger partial charge is 0.339 e. The van der Waals surface area contributed by atoms with E-state index in [0.29, 0.717) is 11.5 Å². The van der Waals surface area contributed by atoms with Crippen LogP contribution in [0.3, 0.4) is 0 Å². The number of hydrogen-bond donors (Lipinski definition) is 0. The standard InChI is InChI=1S/C15H17IO2/c1-15(16,13-10-6-3-7-11-13)18-14(17)12-8-4-2-5-9-12/h2-6,8-9,13H,7,10-11H2,1H3/t13-,15?/m1/s1. The van der Waals surface area contributed by atoms with Crippen molar-refractivity contribution in [1.82, 2.24) is 0 Å². The molecule has 0 saturated carbocycles. The van der Waals surface area contributed by atoms with Crippen molar-refractivity contribution in [3.05, 3.63) is 48.0 Å². The number of carbonyl (C=O) groups is 1. The van der Waals surface area contributed by atoms with Crippen LogP contribution in [0.2, 0.25) is 0 Å². The number of ether oxygens (including phenoxy) is 1. The molecule has 96 valence electrons. The first-order valence-corrected chi connectivity index (χ1v) is 7.30. The van der Waals surface area contributed by atoms with Gasteiger partial charge in [-0.25, -0.2) is 4.79 Å². The van der Waals surface area contributed by atoms with Crippen LogP contribution in [-0.2, 0) is 4.74 Å². The summed E-state index contributed by atoms with van der Waals surface area (Å²) in [7, 11) is 0. The summed E-state index contributed by atoms with van der Waals surface area (Å²) in [6.45, 7) is 2.00. The number of carbonyl (C=O) groups excluding carboxylic acids is 1. The Hall–Kier alpha value is -0.840. The van der Waals surface area contributed by atoms with Gasteiger partial charge in [0, 0.05) is 5.92 Å². The second-order valence-electron chi connectivity index (χ2n) is 4.72. The fraction of sp³-hybridized carbons (Fsp3) is 0.400. The van der Waals surface area contributed by atoms with Crippen LogP contribution in [0.5, 0.6) is 0 Å². The lowest BCUT2D eigenvalue weighted by molar-refractivity contribution is 0.0118. The summed E-state index contributed by atoms with van der Waals surface area (Å²) in [6.07, 6.45) is 7.52. The molecule has 2 rings (SSSR count). The van der Waals surface area contributed by atoms with E-state index in [1.165, 1.54) is 0 Å². The fourth-order valence-electron chi connectivity index (χ4n) is 2.16. The van der Waals surface area contributed by atoms with Crippen molar-refractivity contribution < 1.29 is 9.53 Å². The first kappa shape index (κ1) is 13.6. The molecule has 1 unspecified atom stereocenters. The highest BCUT2D eigenvalue weighted by Gasteiger charge is 2.35. The average Bonchev–Trinajstić information content (AvgIpc) is 2.40. The Kier molecular flexibility index (Phi) is 4.43. The van der Waals surface area contributed by atoms with Crippen LogP contribution in [0.4, 0.5) is 0 Å². The maximum absolute atomic E-state index is 12.1. The molecule has 2 nitrogen and oxygen atoms in total. The Balaban J connectivity index is 2.03. The molecular formula is C15H17IO2. The molecule has 0 amide bonds. The highest BCUT2D eigenvalue weighted by molar-refractivity contribution is 14.1. The van der Waals surface area contributed by atoms with E-state index in [0.717, 1.165) is 19.3 Å². The van der Waals surface area contributed by atoms with Crippen LogP contribution in [0.1, 0.15) is 36.5 Å². The van der Waals surface area contributed by atoms with Gasteiger partial charge in [-0.2, -0.15) is 0 Å². The minimum Gasteiger partial charge on any atom is -0.445 e. The molecule has 3 heteroatoms. The van der Waals surface area contributed by atoms with Crippen molar-refractivity contribution in [2.45, 2.75) is 29.8 Å². The zero-order chi connectivity index (χ0) is 13.0. The lowest BCUT2D eigenvalue weighted by atomic mass is 9.90. The van der Waals surface area contributed by atoms with E-state index in [-0.39, 0.29) is 5.97 Å². The lowest BCUT2D eigenvalue weighted by Crippen LogP contribution is -2.34. The highest BCUT2D eigenvalue weighted by atomic mass is 127. The Morgan fingerprint density at radius 2 is 2.06 bits per heavy atom. The third-order valence-corrected chi connectivity index (χ3v) is 4.40. The van der Waals surface area contributed by atoms with Gasteiger partial charge in [-0.3, -0.25) is 0 Å².